The molecule has 3 N–H and O–H groups in total. The number of nitrogens with zero attached hydrogens (tertiary/aromatic N) is 3. The van der Waals surface area contributed by atoms with Gasteiger partial charge in [0.25, 0.3) is 0 Å². The van der Waals surface area contributed by atoms with Crippen LogP contribution in [0.25, 0.3) is 0 Å². The van der Waals surface area contributed by atoms with E-state index in [4.69, 9.17) is 25.0 Å². The molecule has 4 aromatic rings. The Morgan fingerprint density at radius 2 is 1.70 bits per heavy atom. The molecule has 0 spiro atoms. The van der Waals surface area contributed by atoms with Crippen LogP contribution in [0, 0.1) is 11.3 Å². The molecule has 11 nitrogen and oxygen atoms in total. The Kier molecular flexibility index (Phi) is 11.1. The van der Waals surface area contributed by atoms with Gasteiger partial charge >= 0.3 is 6.09 Å². The van der Waals surface area contributed by atoms with E-state index in [0.29, 0.717) is 42.7 Å². The molecule has 1 heterocycles. The topological polar surface area (TPSA) is 170 Å². The lowest BCUT2D eigenvalue weighted by atomic mass is 10.0. The number of rotatable bonds is 15. The summed E-state index contributed by atoms with van der Waals surface area (Å²) in [6.45, 7) is 0.379. The molecule has 0 aliphatic heterocycles. The van der Waals surface area contributed by atoms with Crippen molar-refractivity contribution >= 4 is 17.7 Å². The molecule has 1 amide bonds. The number of benzene rings is 3. The smallest absolute Gasteiger partial charge is 0.408 e. The molecule has 0 radical (unpaired) electrons. The van der Waals surface area contributed by atoms with Crippen molar-refractivity contribution in [2.75, 3.05) is 13.2 Å². The minimum Gasteiger partial charge on any atom is -0.485 e. The third-order valence-electron chi connectivity index (χ3n) is 6.44. The molecule has 220 valence electrons. The van der Waals surface area contributed by atoms with E-state index in [9.17, 15) is 14.4 Å². The molecule has 0 saturated carbocycles. The summed E-state index contributed by atoms with van der Waals surface area (Å²) in [6, 6.07) is 23.7. The van der Waals surface area contributed by atoms with Gasteiger partial charge in [0.05, 0.1) is 24.1 Å². The van der Waals surface area contributed by atoms with Crippen LogP contribution in [0.1, 0.15) is 62.8 Å². The van der Waals surface area contributed by atoms with E-state index in [2.05, 4.69) is 15.5 Å². The first-order valence-corrected chi connectivity index (χ1v) is 13.7. The zero-order valence-corrected chi connectivity index (χ0v) is 23.4. The van der Waals surface area contributed by atoms with Crippen molar-refractivity contribution in [3.05, 3.63) is 113 Å². The fourth-order valence-corrected chi connectivity index (χ4v) is 4.09. The molecular formula is C32H31N5O6. The van der Waals surface area contributed by atoms with Gasteiger partial charge in [-0.25, -0.2) is 4.79 Å². The molecule has 1 unspecified atom stereocenters. The van der Waals surface area contributed by atoms with Gasteiger partial charge in [-0.2, -0.15) is 10.2 Å². The maximum Gasteiger partial charge on any atom is 0.408 e. The Bertz CT molecular complexity index is 1550. The van der Waals surface area contributed by atoms with Gasteiger partial charge in [0.15, 0.2) is 12.4 Å². The van der Waals surface area contributed by atoms with Crippen LogP contribution in [0.4, 0.5) is 4.79 Å². The summed E-state index contributed by atoms with van der Waals surface area (Å²) < 4.78 is 16.2. The average molecular weight is 582 g/mol. The second-order valence-corrected chi connectivity index (χ2v) is 9.64. The first-order valence-electron chi connectivity index (χ1n) is 13.7. The van der Waals surface area contributed by atoms with E-state index in [0.717, 1.165) is 11.1 Å². The van der Waals surface area contributed by atoms with Crippen LogP contribution in [0.15, 0.2) is 83.4 Å². The van der Waals surface area contributed by atoms with E-state index in [1.807, 2.05) is 36.4 Å². The number of Topliss-reactive ketones (excluding diaryl/α,β-unsaturated/α-hetero) is 2. The van der Waals surface area contributed by atoms with Crippen molar-refractivity contribution in [2.24, 2.45) is 5.73 Å². The predicted octanol–water partition coefficient (Wildman–Crippen LogP) is 4.40. The molecule has 11 heteroatoms. The summed E-state index contributed by atoms with van der Waals surface area (Å²) in [5.74, 6) is -0.119. The minimum absolute atomic E-state index is 0.0695. The van der Waals surface area contributed by atoms with E-state index < -0.39 is 17.9 Å². The number of alkyl carbamates (subject to hydrolysis) is 1. The van der Waals surface area contributed by atoms with Crippen molar-refractivity contribution in [2.45, 2.75) is 38.3 Å². The number of hydrogen-bond donors (Lipinski definition) is 2. The maximum absolute atomic E-state index is 13.2. The van der Waals surface area contributed by atoms with Crippen LogP contribution in [0.3, 0.4) is 0 Å². The van der Waals surface area contributed by atoms with Gasteiger partial charge in [-0.1, -0.05) is 47.6 Å². The molecule has 0 aliphatic carbocycles. The van der Waals surface area contributed by atoms with Crippen LogP contribution in [-0.4, -0.2) is 47.0 Å². The number of carbonyl (C=O) groups is 3. The van der Waals surface area contributed by atoms with Crippen molar-refractivity contribution in [1.82, 2.24) is 15.5 Å². The summed E-state index contributed by atoms with van der Waals surface area (Å²) in [6.07, 6.45) is 1.18. The van der Waals surface area contributed by atoms with E-state index in [1.54, 1.807) is 48.5 Å². The number of nitrogens with two attached hydrogens (primary N) is 1. The van der Waals surface area contributed by atoms with Gasteiger partial charge in [0, 0.05) is 5.56 Å². The van der Waals surface area contributed by atoms with E-state index in [-0.39, 0.29) is 37.1 Å². The zero-order chi connectivity index (χ0) is 30.4. The summed E-state index contributed by atoms with van der Waals surface area (Å²) in [4.78, 5) is 42.2. The lowest BCUT2D eigenvalue weighted by molar-refractivity contribution is 0.0895. The summed E-state index contributed by atoms with van der Waals surface area (Å²) >= 11 is 0. The normalized spacial score (nSPS) is 11.3. The number of amides is 1. The van der Waals surface area contributed by atoms with Crippen molar-refractivity contribution in [1.29, 1.82) is 5.26 Å². The third-order valence-corrected chi connectivity index (χ3v) is 6.44. The molecule has 0 saturated heterocycles. The molecule has 1 aromatic heterocycles. The Balaban J connectivity index is 1.30. The number of ether oxygens (including phenoxy) is 2. The van der Waals surface area contributed by atoms with Gasteiger partial charge < -0.3 is 25.0 Å². The van der Waals surface area contributed by atoms with Crippen LogP contribution in [0.5, 0.6) is 5.75 Å². The molecule has 0 fully saturated rings. The zero-order valence-electron chi connectivity index (χ0n) is 23.4. The van der Waals surface area contributed by atoms with Gasteiger partial charge in [0.1, 0.15) is 12.4 Å². The van der Waals surface area contributed by atoms with Crippen molar-refractivity contribution in [3.63, 3.8) is 0 Å². The number of ketones is 2. The molecular weight excluding hydrogens is 550 g/mol. The quantitative estimate of drug-likeness (QED) is 0.151. The fourth-order valence-electron chi connectivity index (χ4n) is 4.09. The second-order valence-electron chi connectivity index (χ2n) is 9.64. The predicted molar refractivity (Wildman–Crippen MR) is 155 cm³/mol. The van der Waals surface area contributed by atoms with Gasteiger partial charge in [-0.05, 0) is 73.3 Å². The highest BCUT2D eigenvalue weighted by Gasteiger charge is 2.27. The minimum atomic E-state index is -0.899. The number of nitrogens with one attached hydrogen (secondary N) is 1. The summed E-state index contributed by atoms with van der Waals surface area (Å²) in [7, 11) is 0. The monoisotopic (exact) mass is 581 g/mol. The molecule has 1 atom stereocenters. The lowest BCUT2D eigenvalue weighted by Crippen LogP contribution is -2.41. The Hall–Kier alpha value is -5.34. The number of unbranched alkanes of at least 4 members (excludes halogenated alkanes) is 1. The summed E-state index contributed by atoms with van der Waals surface area (Å²) in [5, 5.41) is 15.3. The highest BCUT2D eigenvalue weighted by atomic mass is 16.5. The van der Waals surface area contributed by atoms with Gasteiger partial charge in [-0.3, -0.25) is 9.59 Å². The van der Waals surface area contributed by atoms with E-state index in [1.165, 1.54) is 0 Å². The Labute approximate surface area is 248 Å². The van der Waals surface area contributed by atoms with Crippen LogP contribution < -0.4 is 15.8 Å². The largest absolute Gasteiger partial charge is 0.485 e. The highest BCUT2D eigenvalue weighted by molar-refractivity contribution is 5.98. The van der Waals surface area contributed by atoms with Crippen LogP contribution >= 0.6 is 0 Å². The Morgan fingerprint density at radius 1 is 0.953 bits per heavy atom. The molecule has 4 rings (SSSR count). The van der Waals surface area contributed by atoms with Gasteiger partial charge in [0.2, 0.25) is 17.5 Å². The van der Waals surface area contributed by atoms with Gasteiger partial charge in [-0.15, -0.1) is 0 Å². The maximum atomic E-state index is 13.2. The second kappa shape index (κ2) is 15.6. The number of nitriles is 1. The SMILES string of the molecule is N#Cc1ccc(C(=O)COc2ccc(Cc3nc(C(=O)C(CCCCN)NC(=O)OCc4ccccc4)no3)cc2)cc1. The van der Waals surface area contributed by atoms with Crippen molar-refractivity contribution in [3.8, 4) is 11.8 Å². The average Bonchev–Trinajstić information content (AvgIpc) is 3.51. The molecule has 0 bridgehead atoms. The number of hydrogen-bond acceptors (Lipinski definition) is 10. The summed E-state index contributed by atoms with van der Waals surface area (Å²) in [5.41, 5.74) is 8.17. The third kappa shape index (κ3) is 9.34. The lowest BCUT2D eigenvalue weighted by Gasteiger charge is -2.16. The standard InChI is InChI=1S/C32H31N5O6/c33-17-5-4-8-27(35-32(40)42-20-24-6-2-1-3-7-24)30(39)31-36-29(43-37-31)18-22-11-15-26(16-12-22)41-21-28(38)25-13-9-23(19-34)10-14-25/h1-3,6-7,9-16,27H,4-5,8,17-18,20-21,33H2,(H,35,40). The van der Waals surface area contributed by atoms with Crippen molar-refractivity contribution < 1.29 is 28.4 Å². The first kappa shape index (κ1) is 30.6. The first-order chi connectivity index (χ1) is 20.9. The molecule has 0 aliphatic rings. The number of carbonyl (C=O) groups excluding carboxylic acids is 3. The fraction of sp³-hybridized carbons (Fsp3) is 0.250. The van der Waals surface area contributed by atoms with Crippen LogP contribution in [-0.2, 0) is 17.8 Å². The molecule has 3 aromatic carbocycles. The molecule has 43 heavy (non-hydrogen) atoms. The Morgan fingerprint density at radius 3 is 2.40 bits per heavy atom. The van der Waals surface area contributed by atoms with Crippen LogP contribution in [0.2, 0.25) is 0 Å². The van der Waals surface area contributed by atoms with E-state index >= 15 is 0 Å². The highest BCUT2D eigenvalue weighted by Crippen LogP contribution is 2.16. The number of aromatic nitrogens is 2.